The highest BCUT2D eigenvalue weighted by atomic mass is 16.6. The smallest absolute Gasteiger partial charge is 0.408 e. The lowest BCUT2D eigenvalue weighted by molar-refractivity contribution is -0.120. The maximum Gasteiger partial charge on any atom is 0.408 e. The summed E-state index contributed by atoms with van der Waals surface area (Å²) < 4.78 is 11.1. The van der Waals surface area contributed by atoms with E-state index in [2.05, 4.69) is 57.3 Å². The van der Waals surface area contributed by atoms with E-state index in [0.29, 0.717) is 19.1 Å². The molecule has 1 aliphatic heterocycles. The monoisotopic (exact) mass is 457 g/mol. The highest BCUT2D eigenvalue weighted by Gasteiger charge is 2.31. The van der Waals surface area contributed by atoms with Crippen LogP contribution in [0.4, 0.5) is 4.79 Å². The van der Waals surface area contributed by atoms with Crippen molar-refractivity contribution < 1.29 is 19.1 Å². The summed E-state index contributed by atoms with van der Waals surface area (Å²) in [6.07, 6.45) is 2.57. The second-order valence-electron chi connectivity index (χ2n) is 10.8. The van der Waals surface area contributed by atoms with Crippen LogP contribution in [0.5, 0.6) is 0 Å². The van der Waals surface area contributed by atoms with Gasteiger partial charge in [-0.1, -0.05) is 52.8 Å². The number of ether oxygens (including phenoxy) is 2. The summed E-state index contributed by atoms with van der Waals surface area (Å²) in [5.41, 5.74) is 3.99. The Hall–Kier alpha value is -2.14. The van der Waals surface area contributed by atoms with Crippen LogP contribution >= 0.6 is 0 Å². The van der Waals surface area contributed by atoms with Crippen LogP contribution in [0.15, 0.2) is 24.3 Å². The molecule has 5 heteroatoms. The first kappa shape index (κ1) is 27.1. The van der Waals surface area contributed by atoms with Crippen LogP contribution in [0.3, 0.4) is 0 Å². The van der Waals surface area contributed by atoms with Crippen LogP contribution in [-0.2, 0) is 14.3 Å². The molecule has 1 aromatic rings. The number of Topliss-reactive ketones (excluding diaryl/α,β-unsaturated/α-hetero) is 1. The largest absolute Gasteiger partial charge is 0.444 e. The molecule has 0 radical (unpaired) electrons. The Morgan fingerprint density at radius 1 is 1.06 bits per heavy atom. The fourth-order valence-electron chi connectivity index (χ4n) is 4.18. The predicted molar refractivity (Wildman–Crippen MR) is 134 cm³/mol. The fourth-order valence-corrected chi connectivity index (χ4v) is 4.18. The summed E-state index contributed by atoms with van der Waals surface area (Å²) in [6.45, 7) is 19.2. The minimum Gasteiger partial charge on any atom is -0.444 e. The Bertz CT molecular complexity index is 865. The predicted octanol–water partition coefficient (Wildman–Crippen LogP) is 6.68. The number of rotatable bonds is 8. The number of hydrogen-bond acceptors (Lipinski definition) is 4. The number of carbonyl (C=O) groups is 2. The maximum atomic E-state index is 12.9. The molecule has 0 saturated carbocycles. The Morgan fingerprint density at radius 3 is 2.24 bits per heavy atom. The van der Waals surface area contributed by atoms with Crippen molar-refractivity contribution in [1.82, 2.24) is 5.32 Å². The number of alkyl carbamates (subject to hydrolysis) is 1. The van der Waals surface area contributed by atoms with E-state index in [-0.39, 0.29) is 29.6 Å². The molecule has 0 spiro atoms. The van der Waals surface area contributed by atoms with Gasteiger partial charge in [0.05, 0.1) is 19.3 Å². The maximum absolute atomic E-state index is 12.9. The fraction of sp³-hybridized carbons (Fsp3) is 0.643. The number of ketones is 1. The summed E-state index contributed by atoms with van der Waals surface area (Å²) in [6, 6.07) is 6.25. The number of carbonyl (C=O) groups excluding carboxylic acids is 2. The Balaban J connectivity index is 2.61. The Morgan fingerprint density at radius 2 is 1.73 bits per heavy atom. The lowest BCUT2D eigenvalue weighted by Crippen LogP contribution is -2.39. The molecule has 33 heavy (non-hydrogen) atoms. The molecule has 1 amide bonds. The standard InChI is InChI=1S/C28H43NO4/c1-17(2)18(3)26(29-27(31)33-28(7,8)9)25-16-23(22-12-14-32-15-13-22)10-11-24(25)20(5)19(4)21(6)30/h10-12,16-20,26H,13-15H2,1-9H3,(H,29,31). The van der Waals surface area contributed by atoms with E-state index < -0.39 is 11.7 Å². The van der Waals surface area contributed by atoms with Crippen LogP contribution in [0.2, 0.25) is 0 Å². The van der Waals surface area contributed by atoms with E-state index in [1.54, 1.807) is 6.92 Å². The molecule has 0 fully saturated rings. The van der Waals surface area contributed by atoms with Crippen molar-refractivity contribution in [3.63, 3.8) is 0 Å². The van der Waals surface area contributed by atoms with Gasteiger partial charge >= 0.3 is 6.09 Å². The van der Waals surface area contributed by atoms with Gasteiger partial charge in [0.2, 0.25) is 0 Å². The third kappa shape index (κ3) is 7.43. The zero-order valence-electron chi connectivity index (χ0n) is 22.0. The number of hydrogen-bond donors (Lipinski definition) is 1. The molecular formula is C28H43NO4. The van der Waals surface area contributed by atoms with Crippen molar-refractivity contribution in [2.45, 2.75) is 86.3 Å². The van der Waals surface area contributed by atoms with Gasteiger partial charge in [0, 0.05) is 5.92 Å². The van der Waals surface area contributed by atoms with E-state index in [4.69, 9.17) is 9.47 Å². The van der Waals surface area contributed by atoms with Crippen molar-refractivity contribution in [2.24, 2.45) is 17.8 Å². The van der Waals surface area contributed by atoms with E-state index in [0.717, 1.165) is 23.1 Å². The van der Waals surface area contributed by atoms with Gasteiger partial charge in [-0.3, -0.25) is 4.79 Å². The third-order valence-electron chi connectivity index (χ3n) is 6.89. The van der Waals surface area contributed by atoms with E-state index >= 15 is 0 Å². The molecule has 5 nitrogen and oxygen atoms in total. The highest BCUT2D eigenvalue weighted by molar-refractivity contribution is 5.79. The van der Waals surface area contributed by atoms with Gasteiger partial charge in [0.1, 0.15) is 11.4 Å². The number of nitrogens with one attached hydrogen (secondary N) is 1. The minimum absolute atomic E-state index is 0.0255. The van der Waals surface area contributed by atoms with Crippen LogP contribution in [0, 0.1) is 17.8 Å². The molecule has 0 aliphatic carbocycles. The van der Waals surface area contributed by atoms with E-state index in [1.165, 1.54) is 5.57 Å². The molecule has 2 rings (SSSR count). The summed E-state index contributed by atoms with van der Waals surface area (Å²) in [7, 11) is 0. The average molecular weight is 458 g/mol. The van der Waals surface area contributed by atoms with E-state index in [9.17, 15) is 9.59 Å². The molecule has 0 bridgehead atoms. The molecule has 1 heterocycles. The normalized spacial score (nSPS) is 18.2. The van der Waals surface area contributed by atoms with Gasteiger partial charge < -0.3 is 14.8 Å². The molecule has 4 atom stereocenters. The van der Waals surface area contributed by atoms with Gasteiger partial charge in [0.25, 0.3) is 0 Å². The quantitative estimate of drug-likeness (QED) is 0.473. The van der Waals surface area contributed by atoms with Gasteiger partial charge in [-0.05, 0) is 80.2 Å². The van der Waals surface area contributed by atoms with E-state index in [1.807, 2.05) is 27.7 Å². The van der Waals surface area contributed by atoms with Gasteiger partial charge in [-0.2, -0.15) is 0 Å². The van der Waals surface area contributed by atoms with Crippen molar-refractivity contribution in [1.29, 1.82) is 0 Å². The van der Waals surface area contributed by atoms with Crippen LogP contribution < -0.4 is 5.32 Å². The van der Waals surface area contributed by atoms with Crippen LogP contribution in [-0.4, -0.2) is 30.7 Å². The number of benzene rings is 1. The minimum atomic E-state index is -0.580. The first-order valence-electron chi connectivity index (χ1n) is 12.2. The van der Waals surface area contributed by atoms with Crippen molar-refractivity contribution in [3.8, 4) is 0 Å². The molecule has 1 aromatic carbocycles. The lowest BCUT2D eigenvalue weighted by atomic mass is 9.77. The molecule has 4 unspecified atom stereocenters. The molecule has 0 aromatic heterocycles. The summed E-state index contributed by atoms with van der Waals surface area (Å²) in [4.78, 5) is 25.1. The van der Waals surface area contributed by atoms with Gasteiger partial charge in [0.15, 0.2) is 0 Å². The molecular weight excluding hydrogens is 414 g/mol. The number of amides is 1. The molecule has 1 aliphatic rings. The second kappa shape index (κ2) is 11.3. The average Bonchev–Trinajstić information content (AvgIpc) is 2.74. The molecule has 1 N–H and O–H groups in total. The third-order valence-corrected chi connectivity index (χ3v) is 6.89. The zero-order chi connectivity index (χ0) is 24.9. The SMILES string of the molecule is CC(=O)C(C)C(C)c1ccc(C2=CCOCC2)cc1C(NC(=O)OC(C)(C)C)C(C)C(C)C. The molecule has 0 saturated heterocycles. The van der Waals surface area contributed by atoms with Crippen molar-refractivity contribution >= 4 is 17.4 Å². The van der Waals surface area contributed by atoms with Crippen LogP contribution in [0.1, 0.15) is 97.4 Å². The van der Waals surface area contributed by atoms with Gasteiger partial charge in [-0.15, -0.1) is 0 Å². The second-order valence-corrected chi connectivity index (χ2v) is 10.8. The Labute approximate surface area is 200 Å². The first-order chi connectivity index (χ1) is 15.3. The van der Waals surface area contributed by atoms with Crippen LogP contribution in [0.25, 0.3) is 5.57 Å². The lowest BCUT2D eigenvalue weighted by Gasteiger charge is -2.33. The summed E-state index contributed by atoms with van der Waals surface area (Å²) in [5.74, 6) is 0.573. The van der Waals surface area contributed by atoms with Gasteiger partial charge in [-0.25, -0.2) is 4.79 Å². The topological polar surface area (TPSA) is 64.6 Å². The summed E-state index contributed by atoms with van der Waals surface area (Å²) >= 11 is 0. The highest BCUT2D eigenvalue weighted by Crippen LogP contribution is 2.38. The zero-order valence-corrected chi connectivity index (χ0v) is 22.0. The van der Waals surface area contributed by atoms with Crippen molar-refractivity contribution in [2.75, 3.05) is 13.2 Å². The summed E-state index contributed by atoms with van der Waals surface area (Å²) in [5, 5.41) is 3.17. The van der Waals surface area contributed by atoms with Crippen molar-refractivity contribution in [3.05, 3.63) is 41.0 Å². The first-order valence-corrected chi connectivity index (χ1v) is 12.2. The Kier molecular flexibility index (Phi) is 9.30. The molecule has 184 valence electrons.